The number of pyridine rings is 1. The van der Waals surface area contributed by atoms with Crippen LogP contribution < -0.4 is 0 Å². The van der Waals surface area contributed by atoms with Crippen LogP contribution in [0.5, 0.6) is 0 Å². The zero-order valence-corrected chi connectivity index (χ0v) is 15.3. The topological polar surface area (TPSA) is 60.2 Å². The second-order valence-electron chi connectivity index (χ2n) is 6.93. The standard InChI is InChI=1S/C21H24N4O2/c26-21(9-13-25-16-23-19-5-1-2-6-20(19)25)24-11-7-18(8-12-24)27-15-17-4-3-10-22-14-17/h1-6,10,14,16,18H,7-9,11-13,15H2. The molecular formula is C21H24N4O2. The number of aryl methyl sites for hydroxylation is 1. The summed E-state index contributed by atoms with van der Waals surface area (Å²) < 4.78 is 8.03. The van der Waals surface area contributed by atoms with Crippen molar-refractivity contribution in [2.24, 2.45) is 0 Å². The lowest BCUT2D eigenvalue weighted by Gasteiger charge is -2.32. The Morgan fingerprint density at radius 3 is 2.81 bits per heavy atom. The predicted octanol–water partition coefficient (Wildman–Crippen LogP) is 3.03. The second kappa shape index (κ2) is 8.31. The van der Waals surface area contributed by atoms with E-state index in [-0.39, 0.29) is 12.0 Å². The number of hydrogen-bond donors (Lipinski definition) is 0. The van der Waals surface area contributed by atoms with Crippen LogP contribution in [0.25, 0.3) is 11.0 Å². The van der Waals surface area contributed by atoms with E-state index >= 15 is 0 Å². The highest BCUT2D eigenvalue weighted by atomic mass is 16.5. The van der Waals surface area contributed by atoms with E-state index in [9.17, 15) is 4.79 Å². The number of para-hydroxylation sites is 2. The van der Waals surface area contributed by atoms with Crippen molar-refractivity contribution in [2.75, 3.05) is 13.1 Å². The summed E-state index contributed by atoms with van der Waals surface area (Å²) in [5.41, 5.74) is 3.13. The average molecular weight is 364 g/mol. The fourth-order valence-corrected chi connectivity index (χ4v) is 3.53. The van der Waals surface area contributed by atoms with Gasteiger partial charge in [0.15, 0.2) is 0 Å². The molecule has 1 amide bonds. The molecule has 1 aliphatic heterocycles. The Labute approximate surface area is 158 Å². The van der Waals surface area contributed by atoms with E-state index < -0.39 is 0 Å². The largest absolute Gasteiger partial charge is 0.373 e. The van der Waals surface area contributed by atoms with E-state index in [2.05, 4.69) is 14.5 Å². The van der Waals surface area contributed by atoms with E-state index in [1.54, 1.807) is 6.20 Å². The number of carbonyl (C=O) groups is 1. The number of rotatable bonds is 6. The van der Waals surface area contributed by atoms with Crippen molar-refractivity contribution >= 4 is 16.9 Å². The van der Waals surface area contributed by atoms with Crippen molar-refractivity contribution in [2.45, 2.75) is 38.5 Å². The molecule has 1 aromatic carbocycles. The quantitative estimate of drug-likeness (QED) is 0.675. The molecule has 4 rings (SSSR count). The van der Waals surface area contributed by atoms with E-state index in [0.29, 0.717) is 19.6 Å². The Balaban J connectivity index is 1.23. The number of benzene rings is 1. The van der Waals surface area contributed by atoms with Crippen LogP contribution in [0.2, 0.25) is 0 Å². The van der Waals surface area contributed by atoms with Gasteiger partial charge in [0.1, 0.15) is 0 Å². The molecule has 0 radical (unpaired) electrons. The van der Waals surface area contributed by atoms with Gasteiger partial charge in [0.2, 0.25) is 5.91 Å². The van der Waals surface area contributed by atoms with Gasteiger partial charge in [-0.1, -0.05) is 18.2 Å². The number of carbonyl (C=O) groups excluding carboxylic acids is 1. The Morgan fingerprint density at radius 1 is 1.15 bits per heavy atom. The lowest BCUT2D eigenvalue weighted by molar-refractivity contribution is -0.134. The van der Waals surface area contributed by atoms with Crippen LogP contribution >= 0.6 is 0 Å². The Bertz CT molecular complexity index is 885. The van der Waals surface area contributed by atoms with Gasteiger partial charge in [-0.15, -0.1) is 0 Å². The van der Waals surface area contributed by atoms with Gasteiger partial charge < -0.3 is 14.2 Å². The fraction of sp³-hybridized carbons (Fsp3) is 0.381. The van der Waals surface area contributed by atoms with Gasteiger partial charge in [-0.2, -0.15) is 0 Å². The van der Waals surface area contributed by atoms with Gasteiger partial charge in [-0.05, 0) is 36.6 Å². The molecule has 0 spiro atoms. The molecule has 0 aliphatic carbocycles. The van der Waals surface area contributed by atoms with Crippen LogP contribution in [0, 0.1) is 0 Å². The fourth-order valence-electron chi connectivity index (χ4n) is 3.53. The van der Waals surface area contributed by atoms with Crippen molar-refractivity contribution in [1.29, 1.82) is 0 Å². The first kappa shape index (κ1) is 17.7. The third kappa shape index (κ3) is 4.34. The Hall–Kier alpha value is -2.73. The van der Waals surface area contributed by atoms with E-state index in [4.69, 9.17) is 4.74 Å². The first-order valence-electron chi connectivity index (χ1n) is 9.48. The minimum Gasteiger partial charge on any atom is -0.373 e. The van der Waals surface area contributed by atoms with E-state index in [0.717, 1.165) is 42.5 Å². The predicted molar refractivity (Wildman–Crippen MR) is 103 cm³/mol. The molecule has 3 aromatic rings. The van der Waals surface area contributed by atoms with E-state index in [1.807, 2.05) is 53.8 Å². The van der Waals surface area contributed by atoms with Crippen molar-refractivity contribution in [3.05, 3.63) is 60.7 Å². The summed E-state index contributed by atoms with van der Waals surface area (Å²) >= 11 is 0. The number of aromatic nitrogens is 3. The molecule has 6 nitrogen and oxygen atoms in total. The van der Waals surface area contributed by atoms with E-state index in [1.165, 1.54) is 0 Å². The highest BCUT2D eigenvalue weighted by molar-refractivity contribution is 5.77. The van der Waals surface area contributed by atoms with Gasteiger partial charge >= 0.3 is 0 Å². The lowest BCUT2D eigenvalue weighted by atomic mass is 10.1. The average Bonchev–Trinajstić information content (AvgIpc) is 3.15. The smallest absolute Gasteiger partial charge is 0.224 e. The molecule has 6 heteroatoms. The van der Waals surface area contributed by atoms with Crippen molar-refractivity contribution in [3.8, 4) is 0 Å². The van der Waals surface area contributed by atoms with Crippen LogP contribution in [0.1, 0.15) is 24.8 Å². The molecular weight excluding hydrogens is 340 g/mol. The zero-order chi connectivity index (χ0) is 18.5. The summed E-state index contributed by atoms with van der Waals surface area (Å²) in [6, 6.07) is 11.9. The summed E-state index contributed by atoms with van der Waals surface area (Å²) in [5, 5.41) is 0. The molecule has 0 saturated carbocycles. The lowest BCUT2D eigenvalue weighted by Crippen LogP contribution is -2.41. The number of fused-ring (bicyclic) bond motifs is 1. The molecule has 0 N–H and O–H groups in total. The first-order valence-corrected chi connectivity index (χ1v) is 9.48. The number of piperidine rings is 1. The highest BCUT2D eigenvalue weighted by Gasteiger charge is 2.23. The number of nitrogens with zero attached hydrogens (tertiary/aromatic N) is 4. The summed E-state index contributed by atoms with van der Waals surface area (Å²) in [4.78, 5) is 23.0. The molecule has 2 aromatic heterocycles. The number of amides is 1. The molecule has 140 valence electrons. The van der Waals surface area contributed by atoms with Gasteiger partial charge in [0.25, 0.3) is 0 Å². The monoisotopic (exact) mass is 364 g/mol. The van der Waals surface area contributed by atoms with Crippen LogP contribution in [0.4, 0.5) is 0 Å². The molecule has 0 atom stereocenters. The summed E-state index contributed by atoms with van der Waals surface area (Å²) in [5.74, 6) is 0.207. The normalized spacial score (nSPS) is 15.3. The molecule has 1 saturated heterocycles. The van der Waals surface area contributed by atoms with Crippen molar-refractivity contribution < 1.29 is 9.53 Å². The summed E-state index contributed by atoms with van der Waals surface area (Å²) in [7, 11) is 0. The maximum Gasteiger partial charge on any atom is 0.224 e. The maximum absolute atomic E-state index is 12.6. The highest BCUT2D eigenvalue weighted by Crippen LogP contribution is 2.17. The van der Waals surface area contributed by atoms with Crippen LogP contribution in [-0.4, -0.2) is 44.5 Å². The van der Waals surface area contributed by atoms with Crippen LogP contribution in [0.15, 0.2) is 55.1 Å². The maximum atomic E-state index is 12.6. The molecule has 3 heterocycles. The second-order valence-corrected chi connectivity index (χ2v) is 6.93. The van der Waals surface area contributed by atoms with Crippen LogP contribution in [-0.2, 0) is 22.7 Å². The number of likely N-dealkylation sites (tertiary alicyclic amines) is 1. The zero-order valence-electron chi connectivity index (χ0n) is 15.3. The SMILES string of the molecule is O=C(CCn1cnc2ccccc21)N1CCC(OCc2cccnc2)CC1. The minimum atomic E-state index is 0.207. The van der Waals surface area contributed by atoms with Crippen molar-refractivity contribution in [1.82, 2.24) is 19.4 Å². The summed E-state index contributed by atoms with van der Waals surface area (Å²) in [6.07, 6.45) is 7.91. The molecule has 1 fully saturated rings. The summed E-state index contributed by atoms with van der Waals surface area (Å²) in [6.45, 7) is 2.78. The first-order chi connectivity index (χ1) is 13.3. The van der Waals surface area contributed by atoms with Gasteiger partial charge in [0.05, 0.1) is 30.1 Å². The number of ether oxygens (including phenoxy) is 1. The molecule has 1 aliphatic rings. The Morgan fingerprint density at radius 2 is 2.00 bits per heavy atom. The number of hydrogen-bond acceptors (Lipinski definition) is 4. The van der Waals surface area contributed by atoms with Gasteiger partial charge in [0, 0.05) is 38.4 Å². The minimum absolute atomic E-state index is 0.207. The molecule has 27 heavy (non-hydrogen) atoms. The number of imidazole rings is 1. The van der Waals surface area contributed by atoms with Gasteiger partial charge in [-0.3, -0.25) is 9.78 Å². The van der Waals surface area contributed by atoms with Crippen molar-refractivity contribution in [3.63, 3.8) is 0 Å². The van der Waals surface area contributed by atoms with Gasteiger partial charge in [-0.25, -0.2) is 4.98 Å². The van der Waals surface area contributed by atoms with Crippen LogP contribution in [0.3, 0.4) is 0 Å². The third-order valence-electron chi connectivity index (χ3n) is 5.10. The molecule has 0 unspecified atom stereocenters. The third-order valence-corrected chi connectivity index (χ3v) is 5.10. The Kier molecular flexibility index (Phi) is 5.44. The molecule has 0 bridgehead atoms.